The average Bonchev–Trinajstić information content (AvgIpc) is 3.15. The minimum absolute atomic E-state index is 0.00366. The fraction of sp³-hybridized carbons (Fsp3) is 0.857. The van der Waals surface area contributed by atoms with Crippen LogP contribution in [0.2, 0.25) is 0 Å². The molecule has 4 nitrogen and oxygen atoms in total. The van der Waals surface area contributed by atoms with E-state index in [1.165, 1.54) is 12.8 Å². The Morgan fingerprint density at radius 3 is 2.61 bits per heavy atom. The Balaban J connectivity index is 2.03. The highest BCUT2D eigenvalue weighted by molar-refractivity contribution is 5.96. The second-order valence-corrected chi connectivity index (χ2v) is 5.83. The fourth-order valence-corrected chi connectivity index (χ4v) is 2.74. The van der Waals surface area contributed by atoms with Crippen molar-refractivity contribution in [2.45, 2.75) is 58.5 Å². The minimum Gasteiger partial charge on any atom is -0.343 e. The number of nitrogens with one attached hydrogen (secondary N) is 1. The van der Waals surface area contributed by atoms with Crippen LogP contribution in [0.25, 0.3) is 0 Å². The topological polar surface area (TPSA) is 49.4 Å². The van der Waals surface area contributed by atoms with Crippen molar-refractivity contribution in [3.63, 3.8) is 0 Å². The van der Waals surface area contributed by atoms with Crippen LogP contribution in [-0.2, 0) is 9.59 Å². The van der Waals surface area contributed by atoms with Gasteiger partial charge in [-0.15, -0.1) is 0 Å². The second-order valence-electron chi connectivity index (χ2n) is 5.83. The highest BCUT2D eigenvalue weighted by Crippen LogP contribution is 2.37. The first-order valence-corrected chi connectivity index (χ1v) is 7.15. The Labute approximate surface area is 109 Å². The molecule has 0 bridgehead atoms. The molecular weight excluding hydrogens is 228 g/mol. The van der Waals surface area contributed by atoms with E-state index in [2.05, 4.69) is 12.2 Å². The first kappa shape index (κ1) is 13.4. The summed E-state index contributed by atoms with van der Waals surface area (Å²) < 4.78 is 0. The van der Waals surface area contributed by atoms with Crippen LogP contribution in [0.5, 0.6) is 0 Å². The van der Waals surface area contributed by atoms with Gasteiger partial charge < -0.3 is 10.2 Å². The van der Waals surface area contributed by atoms with Crippen molar-refractivity contribution in [3.05, 3.63) is 0 Å². The van der Waals surface area contributed by atoms with E-state index in [9.17, 15) is 9.59 Å². The third kappa shape index (κ3) is 2.68. The number of rotatable bonds is 5. The first-order chi connectivity index (χ1) is 8.54. The highest BCUT2D eigenvalue weighted by atomic mass is 16.2. The first-order valence-electron chi connectivity index (χ1n) is 7.15. The van der Waals surface area contributed by atoms with Crippen molar-refractivity contribution in [2.75, 3.05) is 6.54 Å². The number of amides is 2. The van der Waals surface area contributed by atoms with E-state index in [1.54, 1.807) is 4.90 Å². The summed E-state index contributed by atoms with van der Waals surface area (Å²) in [5.41, 5.74) is 0. The second kappa shape index (κ2) is 5.29. The molecule has 1 N–H and O–H groups in total. The van der Waals surface area contributed by atoms with Crippen molar-refractivity contribution in [1.82, 2.24) is 10.2 Å². The maximum Gasteiger partial charge on any atom is 0.245 e. The molecule has 18 heavy (non-hydrogen) atoms. The monoisotopic (exact) mass is 252 g/mol. The van der Waals surface area contributed by atoms with Crippen LogP contribution in [0, 0.1) is 11.8 Å². The number of carbonyl (C=O) groups excluding carboxylic acids is 2. The Kier molecular flexibility index (Phi) is 3.93. The van der Waals surface area contributed by atoms with Crippen molar-refractivity contribution >= 4 is 11.8 Å². The lowest BCUT2D eigenvalue weighted by atomic mass is 10.00. The summed E-state index contributed by atoms with van der Waals surface area (Å²) in [6, 6.07) is -0.614. The fourth-order valence-electron chi connectivity index (χ4n) is 2.74. The molecule has 1 heterocycles. The molecule has 4 heteroatoms. The third-order valence-electron chi connectivity index (χ3n) is 4.23. The zero-order valence-electron chi connectivity index (χ0n) is 11.6. The van der Waals surface area contributed by atoms with E-state index >= 15 is 0 Å². The molecule has 2 aliphatic rings. The molecule has 0 aromatic carbocycles. The lowest BCUT2D eigenvalue weighted by Gasteiger charge is -2.38. The van der Waals surface area contributed by atoms with E-state index in [0.717, 1.165) is 25.3 Å². The summed E-state index contributed by atoms with van der Waals surface area (Å²) in [5.74, 6) is 1.39. The zero-order valence-corrected chi connectivity index (χ0v) is 11.6. The van der Waals surface area contributed by atoms with Gasteiger partial charge in [-0.1, -0.05) is 20.3 Å². The smallest absolute Gasteiger partial charge is 0.245 e. The molecule has 3 unspecified atom stereocenters. The average molecular weight is 252 g/mol. The SMILES string of the molecule is CCCC1NC(=O)C(C)N(CC(C)C2CC2)C1=O. The van der Waals surface area contributed by atoms with E-state index in [-0.39, 0.29) is 23.9 Å². The van der Waals surface area contributed by atoms with Crippen molar-refractivity contribution < 1.29 is 9.59 Å². The summed E-state index contributed by atoms with van der Waals surface area (Å²) in [6.45, 7) is 6.79. The normalized spacial score (nSPS) is 30.3. The van der Waals surface area contributed by atoms with Gasteiger partial charge in [-0.05, 0) is 38.0 Å². The predicted molar refractivity (Wildman–Crippen MR) is 69.9 cm³/mol. The van der Waals surface area contributed by atoms with E-state index in [0.29, 0.717) is 5.92 Å². The Bertz CT molecular complexity index is 339. The highest BCUT2D eigenvalue weighted by Gasteiger charge is 2.39. The quantitative estimate of drug-likeness (QED) is 0.807. The summed E-state index contributed by atoms with van der Waals surface area (Å²) in [5, 5.41) is 2.83. The van der Waals surface area contributed by atoms with Gasteiger partial charge in [-0.25, -0.2) is 0 Å². The zero-order chi connectivity index (χ0) is 13.3. The van der Waals surface area contributed by atoms with Gasteiger partial charge in [0.2, 0.25) is 11.8 Å². The van der Waals surface area contributed by atoms with Gasteiger partial charge >= 0.3 is 0 Å². The molecule has 0 aromatic rings. The Morgan fingerprint density at radius 1 is 1.39 bits per heavy atom. The van der Waals surface area contributed by atoms with Gasteiger partial charge in [-0.3, -0.25) is 9.59 Å². The molecule has 1 aliphatic carbocycles. The summed E-state index contributed by atoms with van der Waals surface area (Å²) in [4.78, 5) is 26.1. The van der Waals surface area contributed by atoms with E-state index in [4.69, 9.17) is 0 Å². The molecule has 0 spiro atoms. The lowest BCUT2D eigenvalue weighted by molar-refractivity contribution is -0.149. The molecule has 102 valence electrons. The van der Waals surface area contributed by atoms with Crippen molar-refractivity contribution in [2.24, 2.45) is 11.8 Å². The predicted octanol–water partition coefficient (Wildman–Crippen LogP) is 1.55. The van der Waals surface area contributed by atoms with Gasteiger partial charge in [0.05, 0.1) is 0 Å². The molecular formula is C14H24N2O2. The Morgan fingerprint density at radius 2 is 2.06 bits per heavy atom. The summed E-state index contributed by atoms with van der Waals surface area (Å²) in [6.07, 6.45) is 4.22. The number of carbonyl (C=O) groups is 2. The molecule has 3 atom stereocenters. The standard InChI is InChI=1S/C14H24N2O2/c1-4-5-12-14(18)16(10(3)13(17)15-12)8-9(2)11-6-7-11/h9-12H,4-8H2,1-3H3,(H,15,17). The maximum atomic E-state index is 12.4. The van der Waals surface area contributed by atoms with Crippen LogP contribution in [0.4, 0.5) is 0 Å². The van der Waals surface area contributed by atoms with Gasteiger partial charge in [0, 0.05) is 6.54 Å². The van der Waals surface area contributed by atoms with Crippen LogP contribution in [-0.4, -0.2) is 35.3 Å². The van der Waals surface area contributed by atoms with Crippen molar-refractivity contribution in [1.29, 1.82) is 0 Å². The van der Waals surface area contributed by atoms with E-state index < -0.39 is 0 Å². The molecule has 1 saturated carbocycles. The van der Waals surface area contributed by atoms with Crippen LogP contribution in [0.3, 0.4) is 0 Å². The molecule has 2 amide bonds. The molecule has 2 fully saturated rings. The largest absolute Gasteiger partial charge is 0.343 e. The molecule has 2 rings (SSSR count). The van der Waals surface area contributed by atoms with Crippen LogP contribution < -0.4 is 5.32 Å². The Hall–Kier alpha value is -1.06. The van der Waals surface area contributed by atoms with Gasteiger partial charge in [0.1, 0.15) is 12.1 Å². The molecule has 1 saturated heterocycles. The van der Waals surface area contributed by atoms with Gasteiger partial charge in [0.15, 0.2) is 0 Å². The molecule has 0 radical (unpaired) electrons. The number of nitrogens with zero attached hydrogens (tertiary/aromatic N) is 1. The molecule has 1 aliphatic heterocycles. The van der Waals surface area contributed by atoms with E-state index in [1.807, 2.05) is 13.8 Å². The lowest BCUT2D eigenvalue weighted by Crippen LogP contribution is -2.63. The van der Waals surface area contributed by atoms with Crippen LogP contribution in [0.1, 0.15) is 46.5 Å². The van der Waals surface area contributed by atoms with Gasteiger partial charge in [-0.2, -0.15) is 0 Å². The molecule has 0 aromatic heterocycles. The van der Waals surface area contributed by atoms with Crippen LogP contribution in [0.15, 0.2) is 0 Å². The van der Waals surface area contributed by atoms with Crippen LogP contribution >= 0.6 is 0 Å². The maximum absolute atomic E-state index is 12.4. The summed E-state index contributed by atoms with van der Waals surface area (Å²) >= 11 is 0. The van der Waals surface area contributed by atoms with Gasteiger partial charge in [0.25, 0.3) is 0 Å². The number of piperazine rings is 1. The summed E-state index contributed by atoms with van der Waals surface area (Å²) in [7, 11) is 0. The minimum atomic E-state index is -0.313. The number of hydrogen-bond donors (Lipinski definition) is 1. The van der Waals surface area contributed by atoms with Crippen molar-refractivity contribution in [3.8, 4) is 0 Å². The number of hydrogen-bond acceptors (Lipinski definition) is 2. The third-order valence-corrected chi connectivity index (χ3v) is 4.23.